The summed E-state index contributed by atoms with van der Waals surface area (Å²) in [6.07, 6.45) is 0. The van der Waals surface area contributed by atoms with Crippen molar-refractivity contribution in [1.29, 1.82) is 0 Å². The molecule has 85 valence electrons. The summed E-state index contributed by atoms with van der Waals surface area (Å²) in [4.78, 5) is 0. The normalized spacial score (nSPS) is 9.27. The number of hydrogen-bond donors (Lipinski definition) is 1. The van der Waals surface area contributed by atoms with E-state index in [-0.39, 0.29) is 0 Å². The minimum absolute atomic E-state index is 0.628. The Morgan fingerprint density at radius 3 is 1.20 bits per heavy atom. The van der Waals surface area contributed by atoms with Crippen molar-refractivity contribution in [2.24, 2.45) is 0 Å². The van der Waals surface area contributed by atoms with Crippen LogP contribution in [0.5, 0.6) is 0 Å². The van der Waals surface area contributed by atoms with Crippen LogP contribution >= 0.6 is 40.0 Å². The van der Waals surface area contributed by atoms with Gasteiger partial charge in [0, 0.05) is 5.69 Å². The van der Waals surface area contributed by atoms with E-state index in [2.05, 4.69) is 74.6 Å². The molecule has 15 heavy (non-hydrogen) atoms. The van der Waals surface area contributed by atoms with Gasteiger partial charge in [0.15, 0.2) is 0 Å². The predicted octanol–water partition coefficient (Wildman–Crippen LogP) is 4.58. The van der Waals surface area contributed by atoms with Gasteiger partial charge in [-0.1, -0.05) is 0 Å². The van der Waals surface area contributed by atoms with E-state index in [0.717, 1.165) is 5.69 Å². The maximum atomic E-state index is 5.95. The fourth-order valence-corrected chi connectivity index (χ4v) is 1.53. The van der Waals surface area contributed by atoms with E-state index in [1.54, 1.807) is 0 Å². The molecule has 0 unspecified atom stereocenters. The molecule has 1 aromatic carbocycles. The Morgan fingerprint density at radius 1 is 0.733 bits per heavy atom. The van der Waals surface area contributed by atoms with Crippen LogP contribution in [0.15, 0.2) is 0 Å². The van der Waals surface area contributed by atoms with Crippen LogP contribution in [0.1, 0.15) is 27.8 Å². The minimum atomic E-state index is 0.628. The van der Waals surface area contributed by atoms with Crippen LogP contribution in [0.4, 0.5) is 5.69 Å². The van der Waals surface area contributed by atoms with Crippen LogP contribution < -0.4 is 5.73 Å². The van der Waals surface area contributed by atoms with Crippen molar-refractivity contribution >= 4 is 45.6 Å². The average molecular weight is 468 g/mol. The molecule has 0 amide bonds. The first-order chi connectivity index (χ1) is 6.88. The summed E-state index contributed by atoms with van der Waals surface area (Å²) in [7, 11) is 0.628. The van der Waals surface area contributed by atoms with E-state index in [4.69, 9.17) is 5.73 Å². The molecule has 0 atom stereocenters. The van der Waals surface area contributed by atoms with Crippen molar-refractivity contribution in [3.8, 4) is 0 Å². The molecule has 4 heteroatoms. The van der Waals surface area contributed by atoms with Crippen LogP contribution in [0, 0.1) is 34.6 Å². The van der Waals surface area contributed by atoms with Crippen LogP contribution in [-0.4, -0.2) is 0 Å². The Hall–Kier alpha value is 1.06. The zero-order valence-corrected chi connectivity index (χ0v) is 15.5. The quantitative estimate of drug-likeness (QED) is 0.438. The molecule has 1 aromatic rings. The molecule has 0 radical (unpaired) electrons. The zero-order chi connectivity index (χ0) is 12.2. The summed E-state index contributed by atoms with van der Waals surface area (Å²) in [6.45, 7) is 10.6. The van der Waals surface area contributed by atoms with Crippen molar-refractivity contribution in [1.82, 2.24) is 0 Å². The predicted molar refractivity (Wildman–Crippen MR) is 82.6 cm³/mol. The molecule has 0 aromatic heterocycles. The Morgan fingerprint density at radius 2 is 0.933 bits per heavy atom. The van der Waals surface area contributed by atoms with E-state index >= 15 is 0 Å². The van der Waals surface area contributed by atoms with Gasteiger partial charge in [-0.25, -0.2) is 0 Å². The second-order valence-corrected chi connectivity index (χ2v) is 15.4. The van der Waals surface area contributed by atoms with Crippen LogP contribution in [0.25, 0.3) is 0 Å². The number of nitrogen functional groups attached to an aromatic ring is 1. The van der Waals surface area contributed by atoms with Crippen LogP contribution in [0.3, 0.4) is 0 Å². The third-order valence-electron chi connectivity index (χ3n) is 3.06. The Balaban J connectivity index is 0.000000583. The number of anilines is 1. The van der Waals surface area contributed by atoms with E-state index in [9.17, 15) is 0 Å². The van der Waals surface area contributed by atoms with E-state index in [1.807, 2.05) is 0 Å². The fraction of sp³-hybridized carbons (Fsp3) is 0.455. The average Bonchev–Trinajstić information content (AvgIpc) is 2.22. The molecule has 0 fully saturated rings. The molecule has 0 spiro atoms. The maximum absolute atomic E-state index is 5.95. The van der Waals surface area contributed by atoms with Gasteiger partial charge in [0.2, 0.25) is 0 Å². The molecular weight excluding hydrogens is 451 g/mol. The summed E-state index contributed by atoms with van der Waals surface area (Å²) in [5.74, 6) is 0. The summed E-state index contributed by atoms with van der Waals surface area (Å²) in [5.41, 5.74) is 13.4. The Kier molecular flexibility index (Phi) is 7.93. The molecule has 1 nitrogen and oxygen atoms in total. The number of hydrogen-bond acceptors (Lipinski definition) is 1. The van der Waals surface area contributed by atoms with Crippen LogP contribution in [0.2, 0.25) is 0 Å². The van der Waals surface area contributed by atoms with Crippen molar-refractivity contribution < 1.29 is 9.47 Å². The third-order valence-corrected chi connectivity index (χ3v) is 3.06. The number of rotatable bonds is 0. The number of benzene rings is 1. The molecule has 0 saturated carbocycles. The number of nitrogens with two attached hydrogens (primary N) is 1. The molecule has 0 aliphatic heterocycles. The Labute approximate surface area is 122 Å². The fourth-order valence-electron chi connectivity index (χ4n) is 1.53. The van der Waals surface area contributed by atoms with Gasteiger partial charge in [-0.3, -0.25) is 0 Å². The van der Waals surface area contributed by atoms with Gasteiger partial charge >= 0.3 is 49.4 Å². The molecule has 2 N–H and O–H groups in total. The summed E-state index contributed by atoms with van der Waals surface area (Å²) in [6, 6.07) is 0. The topological polar surface area (TPSA) is 26.0 Å². The van der Waals surface area contributed by atoms with Crippen LogP contribution in [-0.2, 0) is 9.47 Å². The molecule has 0 aliphatic rings. The monoisotopic (exact) mass is 468 g/mol. The van der Waals surface area contributed by atoms with Crippen molar-refractivity contribution in [2.45, 2.75) is 34.6 Å². The summed E-state index contributed by atoms with van der Waals surface area (Å²) >= 11 is 4.74. The molecule has 0 heterocycles. The second-order valence-electron chi connectivity index (χ2n) is 3.60. The van der Waals surface area contributed by atoms with Gasteiger partial charge in [-0.05, 0) is 62.4 Å². The zero-order valence-electron chi connectivity index (χ0n) is 9.78. The number of halogens is 2. The van der Waals surface area contributed by atoms with Crippen molar-refractivity contribution in [3.05, 3.63) is 27.8 Å². The SMILES string of the molecule is Cc1c(C)c(C)c(N)c(C)c1C.[I][V][I]. The Bertz CT molecular complexity index is 246. The van der Waals surface area contributed by atoms with Gasteiger partial charge in [0.05, 0.1) is 0 Å². The first-order valence-electron chi connectivity index (χ1n) is 4.63. The molecule has 0 saturated heterocycles. The van der Waals surface area contributed by atoms with Gasteiger partial charge in [-0.15, -0.1) is 0 Å². The summed E-state index contributed by atoms with van der Waals surface area (Å²) < 4.78 is 0. The molecule has 1 rings (SSSR count). The molecule has 0 bridgehead atoms. The second kappa shape index (κ2) is 7.40. The van der Waals surface area contributed by atoms with Gasteiger partial charge in [-0.2, -0.15) is 0 Å². The first kappa shape index (κ1) is 16.1. The van der Waals surface area contributed by atoms with Gasteiger partial charge in [0.1, 0.15) is 0 Å². The third kappa shape index (κ3) is 4.09. The molecular formula is C11H17I2NV. The van der Waals surface area contributed by atoms with Crippen molar-refractivity contribution in [2.75, 3.05) is 5.73 Å². The van der Waals surface area contributed by atoms with E-state index < -0.39 is 0 Å². The first-order valence-corrected chi connectivity index (χ1v) is 13.6. The summed E-state index contributed by atoms with van der Waals surface area (Å²) in [5, 5.41) is 0. The van der Waals surface area contributed by atoms with Gasteiger partial charge < -0.3 is 5.73 Å². The van der Waals surface area contributed by atoms with E-state index in [0.29, 0.717) is 9.47 Å². The van der Waals surface area contributed by atoms with Gasteiger partial charge in [0.25, 0.3) is 0 Å². The molecule has 0 aliphatic carbocycles. The standard InChI is InChI=1S/C11H17N.2HI.V/c1-6-7(2)9(4)11(12)10(5)8(6)3;;;/h12H2,1-5H3;2*1H;/q;;;+2/p-2. The van der Waals surface area contributed by atoms with E-state index in [1.165, 1.54) is 27.8 Å². The van der Waals surface area contributed by atoms with Crippen molar-refractivity contribution in [3.63, 3.8) is 0 Å².